The van der Waals surface area contributed by atoms with Crippen LogP contribution in [-0.2, 0) is 0 Å². The number of nitrogens with zero attached hydrogens (tertiary/aromatic N) is 1. The number of hydrogen-bond donors (Lipinski definition) is 0. The van der Waals surface area contributed by atoms with Crippen molar-refractivity contribution < 1.29 is 9.47 Å². The summed E-state index contributed by atoms with van der Waals surface area (Å²) in [5, 5.41) is 0. The maximum Gasteiger partial charge on any atom is 0.134 e. The molecule has 0 bridgehead atoms. The van der Waals surface area contributed by atoms with Crippen LogP contribution in [0.3, 0.4) is 0 Å². The molecular weight excluding hydrogens is 334 g/mol. The molecule has 138 valence electrons. The first-order valence-electron chi connectivity index (χ1n) is 9.34. The molecule has 0 spiro atoms. The number of hydrogen-bond acceptors (Lipinski definition) is 3. The third-order valence-corrected chi connectivity index (χ3v) is 4.64. The quantitative estimate of drug-likeness (QED) is 0.774. The Bertz CT molecular complexity index is 776. The van der Waals surface area contributed by atoms with Gasteiger partial charge >= 0.3 is 0 Å². The van der Waals surface area contributed by atoms with E-state index in [4.69, 9.17) is 9.47 Å². The predicted octanol–water partition coefficient (Wildman–Crippen LogP) is 3.96. The van der Waals surface area contributed by atoms with Crippen molar-refractivity contribution in [2.75, 3.05) is 27.3 Å². The minimum absolute atomic E-state index is 0.0606. The van der Waals surface area contributed by atoms with E-state index in [1.165, 1.54) is 19.3 Å². The van der Waals surface area contributed by atoms with Gasteiger partial charge < -0.3 is 9.47 Å². The van der Waals surface area contributed by atoms with Crippen LogP contribution in [0.4, 0.5) is 0 Å². The van der Waals surface area contributed by atoms with E-state index in [0.717, 1.165) is 35.7 Å². The summed E-state index contributed by atoms with van der Waals surface area (Å²) >= 11 is 0. The van der Waals surface area contributed by atoms with Crippen molar-refractivity contribution in [3.63, 3.8) is 0 Å². The van der Waals surface area contributed by atoms with Crippen molar-refractivity contribution in [3.8, 4) is 35.2 Å². The zero-order valence-corrected chi connectivity index (χ0v) is 16.0. The molecule has 2 aromatic carbocycles. The Balaban J connectivity index is 1.80. The number of rotatable bonds is 3. The van der Waals surface area contributed by atoms with Crippen molar-refractivity contribution >= 4 is 0 Å². The van der Waals surface area contributed by atoms with Crippen LogP contribution in [0.5, 0.6) is 11.5 Å². The normalized spacial score (nSPS) is 13.9. The lowest BCUT2D eigenvalue weighted by Gasteiger charge is -2.28. The van der Waals surface area contributed by atoms with Crippen LogP contribution in [0, 0.1) is 23.7 Å². The van der Waals surface area contributed by atoms with Gasteiger partial charge in [0.05, 0.1) is 14.2 Å². The summed E-state index contributed by atoms with van der Waals surface area (Å²) < 4.78 is 10.4. The van der Waals surface area contributed by atoms with Crippen molar-refractivity contribution in [2.45, 2.75) is 25.3 Å². The molecule has 3 nitrogen and oxygen atoms in total. The lowest BCUT2D eigenvalue weighted by molar-refractivity contribution is 0.225. The van der Waals surface area contributed by atoms with Gasteiger partial charge in [-0.3, -0.25) is 4.90 Å². The second-order valence-electron chi connectivity index (χ2n) is 6.49. The topological polar surface area (TPSA) is 21.7 Å². The van der Waals surface area contributed by atoms with Crippen LogP contribution >= 0.6 is 0 Å². The molecular formula is C24H25NO2. The molecule has 3 rings (SSSR count). The molecule has 3 heteroatoms. The largest absolute Gasteiger partial charge is 0.497 e. The fourth-order valence-corrected chi connectivity index (χ4v) is 3.05. The van der Waals surface area contributed by atoms with Crippen molar-refractivity contribution in [2.24, 2.45) is 0 Å². The summed E-state index contributed by atoms with van der Waals surface area (Å²) in [7, 11) is 3.34. The van der Waals surface area contributed by atoms with E-state index < -0.39 is 0 Å². The van der Waals surface area contributed by atoms with Crippen molar-refractivity contribution in [1.82, 2.24) is 4.90 Å². The van der Waals surface area contributed by atoms with Gasteiger partial charge in [-0.05, 0) is 61.4 Å². The van der Waals surface area contributed by atoms with Gasteiger partial charge in [0.1, 0.15) is 17.5 Å². The Morgan fingerprint density at radius 3 is 1.56 bits per heavy atom. The standard InChI is InChI=1S/C24H25NO2/c1-26-23-14-8-20(9-15-23)6-12-22(25-18-4-3-5-19-25)13-7-21-10-16-24(27-2)17-11-21/h8-11,14-17,22H,3-5,18-19H2,1-2H3. The minimum Gasteiger partial charge on any atom is -0.497 e. The molecule has 0 saturated carbocycles. The minimum atomic E-state index is -0.0606. The maximum absolute atomic E-state index is 5.21. The number of ether oxygens (including phenoxy) is 2. The van der Waals surface area contributed by atoms with Crippen molar-refractivity contribution in [1.29, 1.82) is 0 Å². The predicted molar refractivity (Wildman–Crippen MR) is 109 cm³/mol. The Hall–Kier alpha value is -2.88. The first kappa shape index (κ1) is 18.9. The van der Waals surface area contributed by atoms with E-state index in [0.29, 0.717) is 0 Å². The first-order valence-corrected chi connectivity index (χ1v) is 9.34. The van der Waals surface area contributed by atoms with Gasteiger partial charge in [0.15, 0.2) is 0 Å². The molecule has 0 atom stereocenters. The summed E-state index contributed by atoms with van der Waals surface area (Å²) in [5.41, 5.74) is 1.95. The molecule has 0 N–H and O–H groups in total. The summed E-state index contributed by atoms with van der Waals surface area (Å²) in [6.07, 6.45) is 3.72. The van der Waals surface area contributed by atoms with Gasteiger partial charge in [-0.15, -0.1) is 0 Å². The highest BCUT2D eigenvalue weighted by Crippen LogP contribution is 2.14. The van der Waals surface area contributed by atoms with Gasteiger partial charge in [-0.2, -0.15) is 0 Å². The van der Waals surface area contributed by atoms with Crippen LogP contribution in [0.1, 0.15) is 30.4 Å². The molecule has 2 aromatic rings. The second kappa shape index (κ2) is 9.72. The summed E-state index contributed by atoms with van der Waals surface area (Å²) in [4.78, 5) is 2.39. The SMILES string of the molecule is COc1ccc(C#CC(C#Cc2ccc(OC)cc2)N2CCCCC2)cc1. The molecule has 1 fully saturated rings. The monoisotopic (exact) mass is 359 g/mol. The third kappa shape index (κ3) is 5.55. The Morgan fingerprint density at radius 1 is 0.704 bits per heavy atom. The first-order chi connectivity index (χ1) is 13.3. The smallest absolute Gasteiger partial charge is 0.134 e. The summed E-state index contributed by atoms with van der Waals surface area (Å²) in [6.45, 7) is 2.11. The van der Waals surface area contributed by atoms with Gasteiger partial charge in [0.2, 0.25) is 0 Å². The molecule has 27 heavy (non-hydrogen) atoms. The fourth-order valence-electron chi connectivity index (χ4n) is 3.05. The van der Waals surface area contributed by atoms with Crippen molar-refractivity contribution in [3.05, 3.63) is 59.7 Å². The van der Waals surface area contributed by atoms with Crippen LogP contribution in [0.15, 0.2) is 48.5 Å². The maximum atomic E-state index is 5.21. The van der Waals surface area contributed by atoms with Crippen LogP contribution in [-0.4, -0.2) is 38.3 Å². The van der Waals surface area contributed by atoms with Gasteiger partial charge in [0, 0.05) is 24.2 Å². The fraction of sp³-hybridized carbons (Fsp3) is 0.333. The van der Waals surface area contributed by atoms with E-state index >= 15 is 0 Å². The highest BCUT2D eigenvalue weighted by Gasteiger charge is 2.16. The molecule has 0 unspecified atom stereocenters. The number of likely N-dealkylation sites (tertiary alicyclic amines) is 1. The van der Waals surface area contributed by atoms with E-state index in [-0.39, 0.29) is 6.04 Å². The highest BCUT2D eigenvalue weighted by atomic mass is 16.5. The molecule has 1 saturated heterocycles. The highest BCUT2D eigenvalue weighted by molar-refractivity contribution is 5.43. The Kier molecular flexibility index (Phi) is 6.80. The number of methoxy groups -OCH3 is 2. The van der Waals surface area contributed by atoms with Crippen LogP contribution in [0.25, 0.3) is 0 Å². The summed E-state index contributed by atoms with van der Waals surface area (Å²) in [5.74, 6) is 15.0. The molecule has 1 aliphatic rings. The van der Waals surface area contributed by atoms with Gasteiger partial charge in [-0.1, -0.05) is 30.1 Å². The molecule has 0 radical (unpaired) electrons. The number of piperidine rings is 1. The molecule has 1 heterocycles. The summed E-state index contributed by atoms with van der Waals surface area (Å²) in [6, 6.07) is 15.6. The van der Waals surface area contributed by atoms with E-state index in [1.54, 1.807) is 14.2 Å². The third-order valence-electron chi connectivity index (χ3n) is 4.64. The zero-order chi connectivity index (χ0) is 18.9. The zero-order valence-electron chi connectivity index (χ0n) is 16.0. The lowest BCUT2D eigenvalue weighted by atomic mass is 10.1. The van der Waals surface area contributed by atoms with E-state index in [1.807, 2.05) is 48.5 Å². The second-order valence-corrected chi connectivity index (χ2v) is 6.49. The van der Waals surface area contributed by atoms with Gasteiger partial charge in [-0.25, -0.2) is 0 Å². The van der Waals surface area contributed by atoms with E-state index in [9.17, 15) is 0 Å². The lowest BCUT2D eigenvalue weighted by Crippen LogP contribution is -2.37. The Labute approximate surface area is 162 Å². The number of benzene rings is 2. The van der Waals surface area contributed by atoms with Gasteiger partial charge in [0.25, 0.3) is 0 Å². The van der Waals surface area contributed by atoms with Crippen LogP contribution < -0.4 is 9.47 Å². The average molecular weight is 359 g/mol. The Morgan fingerprint density at radius 2 is 1.15 bits per heavy atom. The molecule has 0 aliphatic carbocycles. The van der Waals surface area contributed by atoms with E-state index in [2.05, 4.69) is 28.6 Å². The van der Waals surface area contributed by atoms with Crippen LogP contribution in [0.2, 0.25) is 0 Å². The molecule has 1 aliphatic heterocycles. The molecule has 0 aromatic heterocycles. The molecule has 0 amide bonds. The average Bonchev–Trinajstić information content (AvgIpc) is 2.75.